The maximum atomic E-state index is 12.3. The minimum absolute atomic E-state index is 0.146. The average molecular weight is 404 g/mol. The summed E-state index contributed by atoms with van der Waals surface area (Å²) < 4.78 is 15.8. The second kappa shape index (κ2) is 9.95. The SMILES string of the molecule is CCOC(=O)CCC(C)=CCc1c(NC(=O)NC)c2c(c(C)c1OC)COC2=O. The molecule has 0 bridgehead atoms. The van der Waals surface area contributed by atoms with Gasteiger partial charge in [-0.05, 0) is 39.2 Å². The summed E-state index contributed by atoms with van der Waals surface area (Å²) in [7, 11) is 3.05. The summed E-state index contributed by atoms with van der Waals surface area (Å²) in [5, 5.41) is 5.25. The molecular formula is C21H28N2O6. The molecule has 2 N–H and O–H groups in total. The van der Waals surface area contributed by atoms with E-state index < -0.39 is 12.0 Å². The second-order valence-corrected chi connectivity index (χ2v) is 6.71. The second-order valence-electron chi connectivity index (χ2n) is 6.71. The van der Waals surface area contributed by atoms with Gasteiger partial charge in [0, 0.05) is 24.6 Å². The third-order valence-electron chi connectivity index (χ3n) is 4.83. The Morgan fingerprint density at radius 1 is 1.28 bits per heavy atom. The molecule has 1 aromatic rings. The lowest BCUT2D eigenvalue weighted by Gasteiger charge is -2.19. The van der Waals surface area contributed by atoms with E-state index in [0.717, 1.165) is 11.1 Å². The molecular weight excluding hydrogens is 376 g/mol. The summed E-state index contributed by atoms with van der Waals surface area (Å²) in [4.78, 5) is 35.9. The number of hydrogen-bond donors (Lipinski definition) is 2. The maximum absolute atomic E-state index is 12.3. The van der Waals surface area contributed by atoms with Crippen LogP contribution in [0.5, 0.6) is 5.75 Å². The van der Waals surface area contributed by atoms with E-state index in [9.17, 15) is 14.4 Å². The number of carbonyl (C=O) groups excluding carboxylic acids is 3. The quantitative estimate of drug-likeness (QED) is 0.509. The third-order valence-corrected chi connectivity index (χ3v) is 4.83. The molecule has 2 rings (SSSR count). The van der Waals surface area contributed by atoms with Crippen LogP contribution in [0.1, 0.15) is 53.7 Å². The number of carbonyl (C=O) groups is 3. The highest BCUT2D eigenvalue weighted by Gasteiger charge is 2.32. The molecule has 29 heavy (non-hydrogen) atoms. The van der Waals surface area contributed by atoms with Crippen LogP contribution in [0.3, 0.4) is 0 Å². The van der Waals surface area contributed by atoms with E-state index in [1.807, 2.05) is 19.9 Å². The normalized spacial score (nSPS) is 12.9. The van der Waals surface area contributed by atoms with Crippen molar-refractivity contribution < 1.29 is 28.6 Å². The van der Waals surface area contributed by atoms with Crippen molar-refractivity contribution >= 4 is 23.7 Å². The molecule has 8 nitrogen and oxygen atoms in total. The lowest BCUT2D eigenvalue weighted by atomic mass is 9.93. The van der Waals surface area contributed by atoms with Gasteiger partial charge in [0.15, 0.2) is 0 Å². The standard InChI is InChI=1S/C21H28N2O6/c1-6-28-16(24)10-8-12(2)7-9-14-18(23-21(26)22-4)17-15(11-29-20(17)25)13(3)19(14)27-5/h7H,6,8-11H2,1-5H3,(H2,22,23,26). The van der Waals surface area contributed by atoms with Crippen LogP contribution in [-0.2, 0) is 27.3 Å². The van der Waals surface area contributed by atoms with Gasteiger partial charge in [-0.15, -0.1) is 0 Å². The van der Waals surface area contributed by atoms with E-state index in [4.69, 9.17) is 14.2 Å². The molecule has 158 valence electrons. The fourth-order valence-corrected chi connectivity index (χ4v) is 3.28. The summed E-state index contributed by atoms with van der Waals surface area (Å²) >= 11 is 0. The summed E-state index contributed by atoms with van der Waals surface area (Å²) in [5.41, 5.74) is 3.94. The first kappa shape index (κ1) is 22.3. The first-order valence-electron chi connectivity index (χ1n) is 9.53. The number of amides is 2. The van der Waals surface area contributed by atoms with E-state index >= 15 is 0 Å². The largest absolute Gasteiger partial charge is 0.496 e. The molecule has 0 spiro atoms. The topological polar surface area (TPSA) is 103 Å². The van der Waals surface area contributed by atoms with Crippen molar-refractivity contribution in [2.24, 2.45) is 0 Å². The lowest BCUT2D eigenvalue weighted by Crippen LogP contribution is -2.26. The van der Waals surface area contributed by atoms with E-state index in [1.165, 1.54) is 7.05 Å². The first-order chi connectivity index (χ1) is 13.8. The number of ether oxygens (including phenoxy) is 3. The number of urea groups is 1. The van der Waals surface area contributed by atoms with Gasteiger partial charge in [-0.2, -0.15) is 0 Å². The van der Waals surface area contributed by atoms with Crippen molar-refractivity contribution in [2.45, 2.75) is 46.6 Å². The highest BCUT2D eigenvalue weighted by molar-refractivity contribution is 6.05. The van der Waals surface area contributed by atoms with Crippen molar-refractivity contribution in [3.63, 3.8) is 0 Å². The highest BCUT2D eigenvalue weighted by atomic mass is 16.5. The van der Waals surface area contributed by atoms with Gasteiger partial charge in [-0.1, -0.05) is 11.6 Å². The number of hydrogen-bond acceptors (Lipinski definition) is 6. The molecule has 0 aromatic heterocycles. The molecule has 0 fully saturated rings. The van der Waals surface area contributed by atoms with Gasteiger partial charge < -0.3 is 24.8 Å². The fraction of sp³-hybridized carbons (Fsp3) is 0.476. The molecule has 0 radical (unpaired) electrons. The minimum atomic E-state index is -0.471. The Hall–Kier alpha value is -3.03. The van der Waals surface area contributed by atoms with Gasteiger partial charge in [0.1, 0.15) is 12.4 Å². The Morgan fingerprint density at radius 3 is 2.62 bits per heavy atom. The minimum Gasteiger partial charge on any atom is -0.496 e. The van der Waals surface area contributed by atoms with Gasteiger partial charge in [0.2, 0.25) is 0 Å². The number of cyclic esters (lactones) is 1. The number of fused-ring (bicyclic) bond motifs is 1. The smallest absolute Gasteiger partial charge is 0.341 e. The van der Waals surface area contributed by atoms with Gasteiger partial charge in [-0.3, -0.25) is 4.79 Å². The number of allylic oxidation sites excluding steroid dienone is 2. The maximum Gasteiger partial charge on any atom is 0.341 e. The number of esters is 2. The zero-order valence-electron chi connectivity index (χ0n) is 17.6. The Balaban J connectivity index is 2.41. The number of rotatable bonds is 8. The Labute approximate surface area is 170 Å². The predicted octanol–water partition coefficient (Wildman–Crippen LogP) is 3.26. The monoisotopic (exact) mass is 404 g/mol. The summed E-state index contributed by atoms with van der Waals surface area (Å²) in [6.45, 7) is 6.07. The molecule has 0 aliphatic carbocycles. The highest BCUT2D eigenvalue weighted by Crippen LogP contribution is 2.41. The van der Waals surface area contributed by atoms with E-state index in [-0.39, 0.29) is 12.6 Å². The van der Waals surface area contributed by atoms with Crippen LogP contribution >= 0.6 is 0 Å². The molecule has 1 heterocycles. The van der Waals surface area contributed by atoms with E-state index in [1.54, 1.807) is 14.0 Å². The summed E-state index contributed by atoms with van der Waals surface area (Å²) in [6, 6.07) is -0.443. The number of nitrogens with one attached hydrogen (secondary N) is 2. The van der Waals surface area contributed by atoms with E-state index in [2.05, 4.69) is 10.6 Å². The van der Waals surface area contributed by atoms with Gasteiger partial charge >= 0.3 is 18.0 Å². The van der Waals surface area contributed by atoms with Crippen LogP contribution in [0.2, 0.25) is 0 Å². The number of benzene rings is 1. The zero-order chi connectivity index (χ0) is 21.6. The average Bonchev–Trinajstić information content (AvgIpc) is 3.09. The van der Waals surface area contributed by atoms with Crippen molar-refractivity contribution in [1.82, 2.24) is 5.32 Å². The molecule has 0 unspecified atom stereocenters. The Morgan fingerprint density at radius 2 is 2.00 bits per heavy atom. The van der Waals surface area contributed by atoms with Crippen molar-refractivity contribution in [3.05, 3.63) is 33.9 Å². The van der Waals surface area contributed by atoms with E-state index in [0.29, 0.717) is 54.0 Å². The van der Waals surface area contributed by atoms with Crippen LogP contribution in [0.25, 0.3) is 0 Å². The molecule has 0 saturated heterocycles. The van der Waals surface area contributed by atoms with Crippen LogP contribution in [0.15, 0.2) is 11.6 Å². The fourth-order valence-electron chi connectivity index (χ4n) is 3.28. The summed E-state index contributed by atoms with van der Waals surface area (Å²) in [6.07, 6.45) is 3.23. The van der Waals surface area contributed by atoms with Crippen LogP contribution in [-0.4, -0.2) is 38.7 Å². The zero-order valence-corrected chi connectivity index (χ0v) is 17.6. The number of methoxy groups -OCH3 is 1. The number of anilines is 1. The Bertz CT molecular complexity index is 844. The molecule has 0 saturated carbocycles. The molecule has 1 aliphatic heterocycles. The van der Waals surface area contributed by atoms with Crippen LogP contribution in [0.4, 0.5) is 10.5 Å². The first-order valence-corrected chi connectivity index (χ1v) is 9.53. The molecule has 8 heteroatoms. The third kappa shape index (κ3) is 5.07. The molecule has 1 aromatic carbocycles. The van der Waals surface area contributed by atoms with Crippen molar-refractivity contribution in [3.8, 4) is 5.75 Å². The van der Waals surface area contributed by atoms with Gasteiger partial charge in [0.25, 0.3) is 0 Å². The van der Waals surface area contributed by atoms with Crippen molar-refractivity contribution in [2.75, 3.05) is 26.1 Å². The Kier molecular flexibility index (Phi) is 7.64. The molecule has 2 amide bonds. The van der Waals surface area contributed by atoms with Crippen molar-refractivity contribution in [1.29, 1.82) is 0 Å². The lowest BCUT2D eigenvalue weighted by molar-refractivity contribution is -0.143. The van der Waals surface area contributed by atoms with Crippen LogP contribution in [0, 0.1) is 6.92 Å². The van der Waals surface area contributed by atoms with Gasteiger partial charge in [-0.25, -0.2) is 9.59 Å². The summed E-state index contributed by atoms with van der Waals surface area (Å²) in [5.74, 6) is -0.111. The van der Waals surface area contributed by atoms with Gasteiger partial charge in [0.05, 0.1) is 25.0 Å². The van der Waals surface area contributed by atoms with Crippen LogP contribution < -0.4 is 15.4 Å². The molecule has 0 atom stereocenters. The molecule has 1 aliphatic rings. The predicted molar refractivity (Wildman–Crippen MR) is 108 cm³/mol.